The van der Waals surface area contributed by atoms with Gasteiger partial charge in [0.1, 0.15) is 11.9 Å². The summed E-state index contributed by atoms with van der Waals surface area (Å²) in [4.78, 5) is 3.73. The zero-order chi connectivity index (χ0) is 11.9. The summed E-state index contributed by atoms with van der Waals surface area (Å²) in [6.07, 6.45) is -3.47. The van der Waals surface area contributed by atoms with Crippen molar-refractivity contribution in [3.8, 4) is 0 Å². The molecular formula is C8H8BF3N2O2. The quantitative estimate of drug-likeness (QED) is 0.579. The first-order valence-electron chi connectivity index (χ1n) is 4.56. The highest BCUT2D eigenvalue weighted by Gasteiger charge is 2.44. The van der Waals surface area contributed by atoms with E-state index in [1.807, 2.05) is 0 Å². The van der Waals surface area contributed by atoms with Crippen molar-refractivity contribution >= 4 is 18.4 Å². The molecule has 2 heterocycles. The van der Waals surface area contributed by atoms with Gasteiger partial charge in [-0.2, -0.15) is 13.2 Å². The Hall–Kier alpha value is -1.28. The zero-order valence-electron chi connectivity index (χ0n) is 7.99. The number of rotatable bonds is 1. The van der Waals surface area contributed by atoms with Gasteiger partial charge in [0.05, 0.1) is 0 Å². The molecule has 86 valence electrons. The Morgan fingerprint density at radius 3 is 2.69 bits per heavy atom. The van der Waals surface area contributed by atoms with E-state index in [9.17, 15) is 13.2 Å². The van der Waals surface area contributed by atoms with Crippen molar-refractivity contribution in [3.63, 3.8) is 0 Å². The fraction of sp³-hybridized carbons (Fsp3) is 0.375. The summed E-state index contributed by atoms with van der Waals surface area (Å²) in [6.45, 7) is 0. The molecule has 1 aromatic rings. The zero-order valence-corrected chi connectivity index (χ0v) is 7.99. The highest BCUT2D eigenvalue weighted by Crippen LogP contribution is 2.32. The lowest BCUT2D eigenvalue weighted by atomic mass is 9.77. The van der Waals surface area contributed by atoms with Gasteiger partial charge in [-0.3, -0.25) is 0 Å². The summed E-state index contributed by atoms with van der Waals surface area (Å²) in [7, 11) is -1.79. The average Bonchev–Trinajstić information content (AvgIpc) is 2.59. The molecular weight excluding hydrogens is 224 g/mol. The molecule has 0 amide bonds. The first-order valence-corrected chi connectivity index (χ1v) is 4.56. The Bertz CT molecular complexity index is 411. The predicted octanol–water partition coefficient (Wildman–Crippen LogP) is -0.340. The van der Waals surface area contributed by atoms with E-state index in [1.165, 1.54) is 12.3 Å². The molecule has 0 saturated heterocycles. The van der Waals surface area contributed by atoms with Gasteiger partial charge in [-0.05, 0) is 17.1 Å². The van der Waals surface area contributed by atoms with E-state index in [4.69, 9.17) is 10.0 Å². The maximum absolute atomic E-state index is 12.4. The van der Waals surface area contributed by atoms with Gasteiger partial charge in [0, 0.05) is 12.6 Å². The second kappa shape index (κ2) is 3.64. The summed E-state index contributed by atoms with van der Waals surface area (Å²) >= 11 is 0. The van der Waals surface area contributed by atoms with Gasteiger partial charge in [-0.25, -0.2) is 4.98 Å². The fourth-order valence-corrected chi connectivity index (χ4v) is 1.71. The molecule has 0 radical (unpaired) electrons. The number of nitrogens with one attached hydrogen (secondary N) is 1. The van der Waals surface area contributed by atoms with E-state index in [0.717, 1.165) is 0 Å². The lowest BCUT2D eigenvalue weighted by molar-refractivity contribution is -0.140. The lowest BCUT2D eigenvalue weighted by Crippen LogP contribution is -2.36. The lowest BCUT2D eigenvalue weighted by Gasteiger charge is -2.14. The number of fused-ring (bicyclic) bond motifs is 1. The number of nitrogens with zero attached hydrogens (tertiary/aromatic N) is 1. The van der Waals surface area contributed by atoms with Crippen molar-refractivity contribution in [1.82, 2.24) is 4.98 Å². The highest BCUT2D eigenvalue weighted by molar-refractivity contribution is 6.59. The molecule has 1 aliphatic rings. The minimum atomic E-state index is -4.38. The van der Waals surface area contributed by atoms with Crippen molar-refractivity contribution in [1.29, 1.82) is 0 Å². The van der Waals surface area contributed by atoms with Crippen LogP contribution in [0.2, 0.25) is 0 Å². The smallest absolute Gasteiger partial charge is 0.423 e. The molecule has 1 aromatic heterocycles. The predicted molar refractivity (Wildman–Crippen MR) is 51.2 cm³/mol. The van der Waals surface area contributed by atoms with Crippen LogP contribution >= 0.6 is 0 Å². The molecule has 2 rings (SSSR count). The summed E-state index contributed by atoms with van der Waals surface area (Å²) in [5.41, 5.74) is 0.268. The van der Waals surface area contributed by atoms with Gasteiger partial charge in [-0.1, -0.05) is 0 Å². The number of aromatic nitrogens is 1. The number of anilines is 1. The van der Waals surface area contributed by atoms with E-state index in [0.29, 0.717) is 0 Å². The molecule has 1 unspecified atom stereocenters. The van der Waals surface area contributed by atoms with Crippen LogP contribution in [0.1, 0.15) is 5.56 Å². The first kappa shape index (κ1) is 11.2. The SMILES string of the molecule is OB(O)c1ccnc2c1CC(C(F)(F)F)N2. The van der Waals surface area contributed by atoms with Crippen LogP contribution in [0, 0.1) is 0 Å². The molecule has 3 N–H and O–H groups in total. The van der Waals surface area contributed by atoms with E-state index < -0.39 is 19.3 Å². The van der Waals surface area contributed by atoms with Crippen LogP contribution in [0.25, 0.3) is 0 Å². The number of alkyl halides is 3. The van der Waals surface area contributed by atoms with Crippen LogP contribution < -0.4 is 10.8 Å². The van der Waals surface area contributed by atoms with Crippen molar-refractivity contribution < 1.29 is 23.2 Å². The number of hydrogen-bond donors (Lipinski definition) is 3. The number of halogens is 3. The molecule has 0 aliphatic carbocycles. The van der Waals surface area contributed by atoms with Crippen LogP contribution in [0.5, 0.6) is 0 Å². The van der Waals surface area contributed by atoms with Crippen molar-refractivity contribution in [2.45, 2.75) is 18.6 Å². The topological polar surface area (TPSA) is 65.4 Å². The third-order valence-electron chi connectivity index (χ3n) is 2.48. The Morgan fingerprint density at radius 2 is 2.12 bits per heavy atom. The van der Waals surface area contributed by atoms with E-state index in [1.54, 1.807) is 0 Å². The van der Waals surface area contributed by atoms with Gasteiger partial charge in [0.15, 0.2) is 0 Å². The molecule has 8 heteroatoms. The minimum Gasteiger partial charge on any atom is -0.423 e. The van der Waals surface area contributed by atoms with Crippen LogP contribution in [-0.2, 0) is 6.42 Å². The van der Waals surface area contributed by atoms with Crippen molar-refractivity contribution in [2.24, 2.45) is 0 Å². The molecule has 16 heavy (non-hydrogen) atoms. The number of pyridine rings is 1. The summed E-state index contributed by atoms with van der Waals surface area (Å²) in [5, 5.41) is 20.2. The second-order valence-corrected chi connectivity index (χ2v) is 3.54. The average molecular weight is 232 g/mol. The van der Waals surface area contributed by atoms with Crippen LogP contribution in [0.15, 0.2) is 12.3 Å². The largest absolute Gasteiger partial charge is 0.488 e. The Kier molecular flexibility index (Phi) is 2.55. The third kappa shape index (κ3) is 1.85. The van der Waals surface area contributed by atoms with Crippen LogP contribution in [0.3, 0.4) is 0 Å². The molecule has 1 aliphatic heterocycles. The Morgan fingerprint density at radius 1 is 1.44 bits per heavy atom. The van der Waals surface area contributed by atoms with Gasteiger partial charge in [0.2, 0.25) is 0 Å². The minimum absolute atomic E-state index is 0.0595. The van der Waals surface area contributed by atoms with Gasteiger partial charge < -0.3 is 15.4 Å². The van der Waals surface area contributed by atoms with E-state index in [-0.39, 0.29) is 23.3 Å². The fourth-order valence-electron chi connectivity index (χ4n) is 1.71. The maximum Gasteiger partial charge on any atom is 0.488 e. The standard InChI is InChI=1S/C8H8BF3N2O2/c10-8(11,12)6-3-4-5(9(15)16)1-2-13-7(4)14-6/h1-2,6,15-16H,3H2,(H,13,14). The van der Waals surface area contributed by atoms with Crippen molar-refractivity contribution in [3.05, 3.63) is 17.8 Å². The summed E-state index contributed by atoms with van der Waals surface area (Å²) in [6, 6.07) is -0.417. The van der Waals surface area contributed by atoms with E-state index >= 15 is 0 Å². The second-order valence-electron chi connectivity index (χ2n) is 3.54. The highest BCUT2D eigenvalue weighted by atomic mass is 19.4. The molecule has 0 aromatic carbocycles. The first-order chi connectivity index (χ1) is 7.39. The van der Waals surface area contributed by atoms with Gasteiger partial charge in [-0.15, -0.1) is 0 Å². The Balaban J connectivity index is 2.34. The molecule has 1 atom stereocenters. The molecule has 0 fully saturated rings. The van der Waals surface area contributed by atoms with Gasteiger partial charge >= 0.3 is 13.3 Å². The molecule has 4 nitrogen and oxygen atoms in total. The molecule has 0 spiro atoms. The molecule has 0 saturated carbocycles. The monoisotopic (exact) mass is 232 g/mol. The van der Waals surface area contributed by atoms with E-state index in [2.05, 4.69) is 10.3 Å². The summed E-state index contributed by atoms with van der Waals surface area (Å²) < 4.78 is 37.3. The maximum atomic E-state index is 12.4. The van der Waals surface area contributed by atoms with Crippen molar-refractivity contribution in [2.75, 3.05) is 5.32 Å². The van der Waals surface area contributed by atoms with Gasteiger partial charge in [0.25, 0.3) is 0 Å². The number of hydrogen-bond acceptors (Lipinski definition) is 4. The van der Waals surface area contributed by atoms with Crippen LogP contribution in [-0.4, -0.2) is 34.4 Å². The third-order valence-corrected chi connectivity index (χ3v) is 2.48. The van der Waals surface area contributed by atoms with Crippen LogP contribution in [0.4, 0.5) is 19.0 Å². The molecule has 0 bridgehead atoms. The Labute approximate surface area is 89.3 Å². The normalized spacial score (nSPS) is 19.2. The summed E-state index contributed by atoms with van der Waals surface area (Å²) in [5.74, 6) is 0.0629.